The van der Waals surface area contributed by atoms with Crippen LogP contribution in [0, 0.1) is 0 Å². The van der Waals surface area contributed by atoms with E-state index in [0.717, 1.165) is 12.8 Å². The second-order valence-corrected chi connectivity index (χ2v) is 4.55. The molecule has 0 bridgehead atoms. The molecule has 8 heteroatoms. The van der Waals surface area contributed by atoms with Crippen molar-refractivity contribution in [2.24, 2.45) is 5.73 Å². The van der Waals surface area contributed by atoms with Gasteiger partial charge in [0.25, 0.3) is 0 Å². The van der Waals surface area contributed by atoms with Crippen LogP contribution in [0.4, 0.5) is 19.3 Å². The molecule has 0 atom stereocenters. The zero-order chi connectivity index (χ0) is 16.4. The van der Waals surface area contributed by atoms with E-state index in [1.165, 1.54) is 24.3 Å². The molecule has 0 unspecified atom stereocenters. The lowest BCUT2D eigenvalue weighted by Gasteiger charge is -2.07. The number of ether oxygens (including phenoxy) is 1. The maximum absolute atomic E-state index is 12.0. The third kappa shape index (κ3) is 8.03. The fourth-order valence-electron chi connectivity index (χ4n) is 1.74. The average Bonchev–Trinajstić information content (AvgIpc) is 2.44. The van der Waals surface area contributed by atoms with Crippen molar-refractivity contribution < 1.29 is 23.1 Å². The van der Waals surface area contributed by atoms with Crippen LogP contribution in [0.5, 0.6) is 5.75 Å². The second-order valence-electron chi connectivity index (χ2n) is 4.55. The number of urea groups is 1. The van der Waals surface area contributed by atoms with Gasteiger partial charge < -0.3 is 21.1 Å². The molecule has 122 valence electrons. The molecule has 1 rings (SSSR count). The van der Waals surface area contributed by atoms with Gasteiger partial charge >= 0.3 is 12.6 Å². The SMILES string of the molecule is NC(=O)NCCCCCC(=O)Nc1ccc(OC(F)F)cc1. The van der Waals surface area contributed by atoms with Crippen molar-refractivity contribution >= 4 is 17.6 Å². The average molecular weight is 315 g/mol. The van der Waals surface area contributed by atoms with Crippen molar-refractivity contribution in [3.05, 3.63) is 24.3 Å². The van der Waals surface area contributed by atoms with E-state index in [1.54, 1.807) is 0 Å². The number of primary amides is 1. The summed E-state index contributed by atoms with van der Waals surface area (Å²) < 4.78 is 28.2. The summed E-state index contributed by atoms with van der Waals surface area (Å²) in [5, 5.41) is 5.13. The molecule has 0 radical (unpaired) electrons. The number of rotatable bonds is 9. The molecule has 4 N–H and O–H groups in total. The highest BCUT2D eigenvalue weighted by Gasteiger charge is 2.05. The maximum Gasteiger partial charge on any atom is 0.387 e. The number of hydrogen-bond acceptors (Lipinski definition) is 3. The number of halogens is 2. The lowest BCUT2D eigenvalue weighted by atomic mass is 10.2. The molecule has 1 aromatic rings. The molecule has 0 aliphatic rings. The number of carbonyl (C=O) groups excluding carboxylic acids is 2. The van der Waals surface area contributed by atoms with Crippen LogP contribution in [0.1, 0.15) is 25.7 Å². The number of nitrogens with two attached hydrogens (primary N) is 1. The van der Waals surface area contributed by atoms with E-state index < -0.39 is 12.6 Å². The summed E-state index contributed by atoms with van der Waals surface area (Å²) in [4.78, 5) is 22.1. The number of carbonyl (C=O) groups is 2. The van der Waals surface area contributed by atoms with Crippen LogP contribution in [0.2, 0.25) is 0 Å². The Balaban J connectivity index is 2.20. The molecule has 0 spiro atoms. The minimum Gasteiger partial charge on any atom is -0.435 e. The van der Waals surface area contributed by atoms with Crippen LogP contribution in [-0.4, -0.2) is 25.1 Å². The first-order valence-electron chi connectivity index (χ1n) is 6.85. The largest absolute Gasteiger partial charge is 0.435 e. The first kappa shape index (κ1) is 17.7. The maximum atomic E-state index is 12.0. The van der Waals surface area contributed by atoms with E-state index in [1.807, 2.05) is 0 Å². The number of amides is 3. The van der Waals surface area contributed by atoms with Crippen molar-refractivity contribution in [1.29, 1.82) is 0 Å². The topological polar surface area (TPSA) is 93.5 Å². The monoisotopic (exact) mass is 315 g/mol. The molecule has 6 nitrogen and oxygen atoms in total. The lowest BCUT2D eigenvalue weighted by molar-refractivity contribution is -0.116. The van der Waals surface area contributed by atoms with Crippen molar-refractivity contribution in [2.45, 2.75) is 32.3 Å². The van der Waals surface area contributed by atoms with E-state index >= 15 is 0 Å². The summed E-state index contributed by atoms with van der Waals surface area (Å²) in [6, 6.07) is 5.14. The molecule has 0 heterocycles. The highest BCUT2D eigenvalue weighted by Crippen LogP contribution is 2.18. The van der Waals surface area contributed by atoms with Gasteiger partial charge in [-0.1, -0.05) is 6.42 Å². The van der Waals surface area contributed by atoms with Gasteiger partial charge in [-0.3, -0.25) is 4.79 Å². The standard InChI is InChI=1S/C14H19F2N3O3/c15-13(16)22-11-7-5-10(6-8-11)19-12(20)4-2-1-3-9-18-14(17)21/h5-8,13H,1-4,9H2,(H,19,20)(H3,17,18,21). The van der Waals surface area contributed by atoms with E-state index in [9.17, 15) is 18.4 Å². The molecule has 1 aromatic carbocycles. The third-order valence-corrected chi connectivity index (χ3v) is 2.74. The summed E-state index contributed by atoms with van der Waals surface area (Å²) in [5.74, 6) is -0.125. The number of nitrogens with one attached hydrogen (secondary N) is 2. The predicted molar refractivity (Wildman–Crippen MR) is 77.8 cm³/mol. The number of anilines is 1. The third-order valence-electron chi connectivity index (χ3n) is 2.74. The molecule has 0 aliphatic carbocycles. The lowest BCUT2D eigenvalue weighted by Crippen LogP contribution is -2.29. The summed E-state index contributed by atoms with van der Waals surface area (Å²) in [5.41, 5.74) is 5.43. The van der Waals surface area contributed by atoms with Gasteiger partial charge in [0.15, 0.2) is 0 Å². The molecule has 0 aliphatic heterocycles. The van der Waals surface area contributed by atoms with Gasteiger partial charge in [0.05, 0.1) is 0 Å². The Hall–Kier alpha value is -2.38. The summed E-state index contributed by atoms with van der Waals surface area (Å²) in [7, 11) is 0. The molecule has 0 fully saturated rings. The molecule has 3 amide bonds. The molecular weight excluding hydrogens is 296 g/mol. The minimum absolute atomic E-state index is 0.0370. The number of hydrogen-bond donors (Lipinski definition) is 3. The van der Waals surface area contributed by atoms with E-state index in [0.29, 0.717) is 25.1 Å². The molecule has 0 saturated heterocycles. The van der Waals surface area contributed by atoms with Crippen molar-refractivity contribution in [3.8, 4) is 5.75 Å². The fourth-order valence-corrected chi connectivity index (χ4v) is 1.74. The van der Waals surface area contributed by atoms with Gasteiger partial charge in [0.1, 0.15) is 5.75 Å². The first-order valence-corrected chi connectivity index (χ1v) is 6.85. The summed E-state index contributed by atoms with van der Waals surface area (Å²) >= 11 is 0. The Kier molecular flexibility index (Phi) is 7.66. The van der Waals surface area contributed by atoms with Crippen molar-refractivity contribution in [3.63, 3.8) is 0 Å². The van der Waals surface area contributed by atoms with Crippen molar-refractivity contribution in [2.75, 3.05) is 11.9 Å². The van der Waals surface area contributed by atoms with Gasteiger partial charge in [-0.25, -0.2) is 4.79 Å². The van der Waals surface area contributed by atoms with Crippen LogP contribution >= 0.6 is 0 Å². The highest BCUT2D eigenvalue weighted by molar-refractivity contribution is 5.90. The Bertz CT molecular complexity index is 481. The Morgan fingerprint density at radius 3 is 2.41 bits per heavy atom. The Labute approximate surface area is 127 Å². The summed E-state index contributed by atoms with van der Waals surface area (Å²) in [6.07, 6.45) is 2.55. The van der Waals surface area contributed by atoms with Crippen LogP contribution in [0.25, 0.3) is 0 Å². The van der Waals surface area contributed by atoms with E-state index in [-0.39, 0.29) is 11.7 Å². The molecule has 0 aromatic heterocycles. The van der Waals surface area contributed by atoms with Crippen molar-refractivity contribution in [1.82, 2.24) is 5.32 Å². The molecule has 0 saturated carbocycles. The van der Waals surface area contributed by atoms with E-state index in [4.69, 9.17) is 5.73 Å². The Morgan fingerprint density at radius 2 is 1.82 bits per heavy atom. The minimum atomic E-state index is -2.87. The first-order chi connectivity index (χ1) is 10.5. The normalized spacial score (nSPS) is 10.3. The van der Waals surface area contributed by atoms with Crippen LogP contribution in [0.3, 0.4) is 0 Å². The molecular formula is C14H19F2N3O3. The zero-order valence-electron chi connectivity index (χ0n) is 12.0. The van der Waals surface area contributed by atoms with Crippen LogP contribution < -0.4 is 21.1 Å². The number of unbranched alkanes of at least 4 members (excludes halogenated alkanes) is 2. The number of alkyl halides is 2. The number of benzene rings is 1. The van der Waals surface area contributed by atoms with Gasteiger partial charge in [-0.05, 0) is 37.1 Å². The fraction of sp³-hybridized carbons (Fsp3) is 0.429. The van der Waals surface area contributed by atoms with E-state index in [2.05, 4.69) is 15.4 Å². The zero-order valence-corrected chi connectivity index (χ0v) is 12.0. The van der Waals surface area contributed by atoms with Gasteiger partial charge in [-0.2, -0.15) is 8.78 Å². The second kappa shape index (κ2) is 9.54. The Morgan fingerprint density at radius 1 is 1.14 bits per heavy atom. The summed E-state index contributed by atoms with van der Waals surface area (Å²) in [6.45, 7) is -2.38. The quantitative estimate of drug-likeness (QED) is 0.611. The molecule has 22 heavy (non-hydrogen) atoms. The van der Waals surface area contributed by atoms with Gasteiger partial charge in [0, 0.05) is 18.7 Å². The predicted octanol–water partition coefficient (Wildman–Crippen LogP) is 2.46. The van der Waals surface area contributed by atoms with Gasteiger partial charge in [-0.15, -0.1) is 0 Å². The van der Waals surface area contributed by atoms with Crippen LogP contribution in [-0.2, 0) is 4.79 Å². The smallest absolute Gasteiger partial charge is 0.387 e. The van der Waals surface area contributed by atoms with Gasteiger partial charge in [0.2, 0.25) is 5.91 Å². The van der Waals surface area contributed by atoms with Crippen LogP contribution in [0.15, 0.2) is 24.3 Å². The highest BCUT2D eigenvalue weighted by atomic mass is 19.3.